The third kappa shape index (κ3) is 3.87. The molecule has 5 rings (SSSR count). The number of benzene rings is 1. The van der Waals surface area contributed by atoms with Gasteiger partial charge in [0.05, 0.1) is 42.4 Å². The average Bonchev–Trinajstić information content (AvgIpc) is 3.40. The van der Waals surface area contributed by atoms with Gasteiger partial charge in [0, 0.05) is 30.8 Å². The molecule has 2 N–H and O–H groups in total. The van der Waals surface area contributed by atoms with E-state index in [1.807, 2.05) is 4.90 Å². The Morgan fingerprint density at radius 2 is 1.53 bits per heavy atom. The lowest BCUT2D eigenvalue weighted by molar-refractivity contribution is -0.384. The molecule has 11 heteroatoms. The van der Waals surface area contributed by atoms with Crippen LogP contribution in [0.1, 0.15) is 25.7 Å². The third-order valence-corrected chi connectivity index (χ3v) is 6.55. The predicted octanol–water partition coefficient (Wildman–Crippen LogP) is 1.14. The highest BCUT2D eigenvalue weighted by Gasteiger charge is 2.38. The lowest BCUT2D eigenvalue weighted by atomic mass is 10.2. The highest BCUT2D eigenvalue weighted by Crippen LogP contribution is 2.33. The molecule has 2 bridgehead atoms. The first-order valence-corrected chi connectivity index (χ1v) is 11.0. The van der Waals surface area contributed by atoms with Gasteiger partial charge in [0.15, 0.2) is 5.82 Å². The Kier molecular flexibility index (Phi) is 5.62. The second kappa shape index (κ2) is 8.57. The summed E-state index contributed by atoms with van der Waals surface area (Å²) in [6, 6.07) is 5.73. The second-order valence-electron chi connectivity index (χ2n) is 8.58. The molecule has 3 fully saturated rings. The van der Waals surface area contributed by atoms with Crippen LogP contribution >= 0.6 is 0 Å². The zero-order valence-corrected chi connectivity index (χ0v) is 17.6. The van der Waals surface area contributed by atoms with E-state index in [4.69, 9.17) is 14.7 Å². The molecule has 4 atom stereocenters. The number of aromatic nitrogens is 3. The van der Waals surface area contributed by atoms with E-state index < -0.39 is 4.92 Å². The minimum Gasteiger partial charge on any atom is -0.394 e. The Morgan fingerprint density at radius 1 is 0.938 bits per heavy atom. The van der Waals surface area contributed by atoms with E-state index in [-0.39, 0.29) is 43.2 Å². The van der Waals surface area contributed by atoms with E-state index in [1.165, 1.54) is 12.1 Å². The molecule has 1 aromatic carbocycles. The number of hydrogen-bond acceptors (Lipinski definition) is 10. The largest absolute Gasteiger partial charge is 0.394 e. The molecule has 0 aliphatic carbocycles. The third-order valence-electron chi connectivity index (χ3n) is 6.55. The molecular formula is C21H26N6O5. The highest BCUT2D eigenvalue weighted by molar-refractivity contribution is 5.61. The van der Waals surface area contributed by atoms with Crippen molar-refractivity contribution in [1.29, 1.82) is 0 Å². The molecule has 2 unspecified atom stereocenters. The van der Waals surface area contributed by atoms with Crippen molar-refractivity contribution < 1.29 is 19.9 Å². The quantitative estimate of drug-likeness (QED) is 0.494. The van der Waals surface area contributed by atoms with Crippen molar-refractivity contribution in [3.05, 3.63) is 34.4 Å². The molecule has 0 amide bonds. The fraction of sp³-hybridized carbons (Fsp3) is 0.571. The number of morpholine rings is 1. The summed E-state index contributed by atoms with van der Waals surface area (Å²) in [5, 5.41) is 30.8. The normalized spacial score (nSPS) is 27.2. The van der Waals surface area contributed by atoms with Gasteiger partial charge in [-0.15, -0.1) is 0 Å². The van der Waals surface area contributed by atoms with E-state index >= 15 is 0 Å². The van der Waals surface area contributed by atoms with Crippen molar-refractivity contribution in [2.75, 3.05) is 36.1 Å². The van der Waals surface area contributed by atoms with Crippen molar-refractivity contribution in [2.45, 2.75) is 50.0 Å². The van der Waals surface area contributed by atoms with Crippen LogP contribution in [0.25, 0.3) is 11.4 Å². The van der Waals surface area contributed by atoms with Crippen molar-refractivity contribution in [3.63, 3.8) is 0 Å². The molecule has 0 spiro atoms. The fourth-order valence-corrected chi connectivity index (χ4v) is 4.90. The first-order chi connectivity index (χ1) is 15.6. The van der Waals surface area contributed by atoms with Crippen LogP contribution in [0.4, 0.5) is 17.6 Å². The van der Waals surface area contributed by atoms with Gasteiger partial charge in [0.1, 0.15) is 0 Å². The summed E-state index contributed by atoms with van der Waals surface area (Å²) in [6.45, 7) is 1.25. The van der Waals surface area contributed by atoms with Crippen molar-refractivity contribution in [2.24, 2.45) is 0 Å². The van der Waals surface area contributed by atoms with Gasteiger partial charge in [-0.3, -0.25) is 10.1 Å². The van der Waals surface area contributed by atoms with E-state index in [0.717, 1.165) is 25.7 Å². The van der Waals surface area contributed by atoms with Crippen molar-refractivity contribution in [3.8, 4) is 11.4 Å². The van der Waals surface area contributed by atoms with Gasteiger partial charge in [-0.1, -0.05) is 0 Å². The van der Waals surface area contributed by atoms with E-state index in [1.54, 1.807) is 12.1 Å². The number of non-ortho nitro benzene ring substituents is 1. The molecule has 2 aromatic rings. The van der Waals surface area contributed by atoms with Crippen LogP contribution in [0.3, 0.4) is 0 Å². The maximum absolute atomic E-state index is 11.0. The molecule has 32 heavy (non-hydrogen) atoms. The minimum atomic E-state index is -0.445. The number of fused-ring (bicyclic) bond motifs is 2. The SMILES string of the molecule is O=[N+]([O-])c1ccc(-c2nc(N3CC4CC[C@H](C3)O4)nc(N3C(CO)CC[C@H]3CO)n2)cc1. The molecule has 4 heterocycles. The molecule has 3 aliphatic heterocycles. The topological polar surface area (TPSA) is 138 Å². The Labute approximate surface area is 184 Å². The molecule has 3 saturated heterocycles. The first-order valence-electron chi connectivity index (χ1n) is 11.0. The number of nitrogens with zero attached hydrogens (tertiary/aromatic N) is 6. The van der Waals surface area contributed by atoms with Gasteiger partial charge in [-0.2, -0.15) is 15.0 Å². The van der Waals surface area contributed by atoms with Crippen LogP contribution in [0.2, 0.25) is 0 Å². The zero-order chi connectivity index (χ0) is 22.2. The van der Waals surface area contributed by atoms with E-state index in [0.29, 0.717) is 36.4 Å². The van der Waals surface area contributed by atoms with Gasteiger partial charge in [0.25, 0.3) is 5.69 Å². The number of nitro groups is 1. The minimum absolute atomic E-state index is 0.00626. The van der Waals surface area contributed by atoms with Crippen LogP contribution in [-0.2, 0) is 4.74 Å². The monoisotopic (exact) mass is 442 g/mol. The summed E-state index contributed by atoms with van der Waals surface area (Å²) in [7, 11) is 0. The predicted molar refractivity (Wildman–Crippen MR) is 115 cm³/mol. The van der Waals surface area contributed by atoms with Gasteiger partial charge in [0.2, 0.25) is 11.9 Å². The summed E-state index contributed by atoms with van der Waals surface area (Å²) < 4.78 is 5.95. The maximum atomic E-state index is 11.0. The first kappa shape index (κ1) is 21.0. The summed E-state index contributed by atoms with van der Waals surface area (Å²) in [6.07, 6.45) is 3.80. The van der Waals surface area contributed by atoms with Crippen LogP contribution in [0.15, 0.2) is 24.3 Å². The van der Waals surface area contributed by atoms with Crippen LogP contribution in [-0.4, -0.2) is 80.7 Å². The molecule has 0 saturated carbocycles. The van der Waals surface area contributed by atoms with Crippen LogP contribution < -0.4 is 9.80 Å². The number of aliphatic hydroxyl groups excluding tert-OH is 2. The number of hydrogen-bond donors (Lipinski definition) is 2. The summed E-state index contributed by atoms with van der Waals surface area (Å²) in [5.41, 5.74) is 0.630. The summed E-state index contributed by atoms with van der Waals surface area (Å²) in [4.78, 5) is 28.7. The van der Waals surface area contributed by atoms with Gasteiger partial charge < -0.3 is 24.7 Å². The number of anilines is 2. The Bertz CT molecular complexity index is 965. The number of rotatable bonds is 6. The van der Waals surface area contributed by atoms with Crippen LogP contribution in [0, 0.1) is 10.1 Å². The smallest absolute Gasteiger partial charge is 0.269 e. The zero-order valence-electron chi connectivity index (χ0n) is 17.6. The lowest BCUT2D eigenvalue weighted by Crippen LogP contribution is -2.45. The fourth-order valence-electron chi connectivity index (χ4n) is 4.90. The van der Waals surface area contributed by atoms with Crippen molar-refractivity contribution >= 4 is 17.6 Å². The van der Waals surface area contributed by atoms with Gasteiger partial charge in [-0.25, -0.2) is 0 Å². The number of ether oxygens (including phenoxy) is 1. The molecular weight excluding hydrogens is 416 g/mol. The number of nitro benzene ring substituents is 1. The van der Waals surface area contributed by atoms with Crippen LogP contribution in [0.5, 0.6) is 0 Å². The van der Waals surface area contributed by atoms with Crippen molar-refractivity contribution in [1.82, 2.24) is 15.0 Å². The van der Waals surface area contributed by atoms with E-state index in [9.17, 15) is 20.3 Å². The maximum Gasteiger partial charge on any atom is 0.269 e. The van der Waals surface area contributed by atoms with Gasteiger partial charge >= 0.3 is 0 Å². The molecule has 1 aromatic heterocycles. The molecule has 0 radical (unpaired) electrons. The average molecular weight is 442 g/mol. The molecule has 11 nitrogen and oxygen atoms in total. The summed E-state index contributed by atoms with van der Waals surface area (Å²) in [5.74, 6) is 1.32. The van der Waals surface area contributed by atoms with Gasteiger partial charge in [-0.05, 0) is 37.8 Å². The molecule has 170 valence electrons. The standard InChI is InChI=1S/C21H26N6O5/c28-11-15-5-6-16(12-29)26(15)21-23-19(13-1-3-14(4-2-13)27(30)31)22-20(24-21)25-9-17-7-8-18(10-25)32-17/h1-4,15-18,28-29H,5-12H2/t15-,16?,17+,18?/m0/s1. The number of aliphatic hydroxyl groups is 2. The lowest BCUT2D eigenvalue weighted by Gasteiger charge is -2.33. The highest BCUT2D eigenvalue weighted by atomic mass is 16.6. The summed E-state index contributed by atoms with van der Waals surface area (Å²) >= 11 is 0. The van der Waals surface area contributed by atoms with E-state index in [2.05, 4.69) is 9.88 Å². The Hall–Kier alpha value is -2.89. The Balaban J connectivity index is 1.56. The Morgan fingerprint density at radius 3 is 2.09 bits per heavy atom. The second-order valence-corrected chi connectivity index (χ2v) is 8.58. The molecule has 3 aliphatic rings.